The third kappa shape index (κ3) is 5.86. The number of hydrogen-bond acceptors (Lipinski definition) is 5. The fraction of sp³-hybridized carbons (Fsp3) is 0.529. The number of benzene rings is 1. The van der Waals surface area contributed by atoms with Gasteiger partial charge in [-0.1, -0.05) is 19.1 Å². The average molecular weight is 342 g/mol. The first-order valence-corrected chi connectivity index (χ1v) is 8.19. The molecule has 6 heteroatoms. The van der Waals surface area contributed by atoms with Gasteiger partial charge in [-0.05, 0) is 43.9 Å². The second-order valence-corrected chi connectivity index (χ2v) is 5.90. The van der Waals surface area contributed by atoms with Crippen LogP contribution in [0.3, 0.4) is 0 Å². The van der Waals surface area contributed by atoms with Crippen LogP contribution in [-0.4, -0.2) is 30.4 Å². The lowest BCUT2D eigenvalue weighted by Gasteiger charge is -2.23. The highest BCUT2D eigenvalue weighted by atomic mass is 32.1. The maximum atomic E-state index is 13.0. The van der Waals surface area contributed by atoms with E-state index >= 15 is 0 Å². The van der Waals surface area contributed by atoms with Crippen LogP contribution in [0.15, 0.2) is 24.3 Å². The summed E-state index contributed by atoms with van der Waals surface area (Å²) in [5, 5.41) is -0.548. The maximum absolute atomic E-state index is 13.0. The molecule has 4 nitrogen and oxygen atoms in total. The molecule has 1 rings (SSSR count). The van der Waals surface area contributed by atoms with Crippen LogP contribution in [0.1, 0.15) is 38.7 Å². The van der Waals surface area contributed by atoms with Crippen LogP contribution in [0.4, 0.5) is 4.39 Å². The van der Waals surface area contributed by atoms with E-state index in [4.69, 9.17) is 9.47 Å². The van der Waals surface area contributed by atoms with Gasteiger partial charge in [0, 0.05) is 5.25 Å². The fourth-order valence-corrected chi connectivity index (χ4v) is 2.86. The summed E-state index contributed by atoms with van der Waals surface area (Å²) >= 11 is 4.42. The molecule has 0 aliphatic rings. The lowest BCUT2D eigenvalue weighted by atomic mass is 9.91. The number of rotatable bonds is 8. The van der Waals surface area contributed by atoms with Gasteiger partial charge in [-0.3, -0.25) is 9.59 Å². The van der Waals surface area contributed by atoms with Gasteiger partial charge in [0.05, 0.1) is 13.2 Å². The van der Waals surface area contributed by atoms with E-state index in [1.165, 1.54) is 12.1 Å². The van der Waals surface area contributed by atoms with Crippen LogP contribution in [0, 0.1) is 11.7 Å². The van der Waals surface area contributed by atoms with Crippen molar-refractivity contribution in [3.8, 4) is 0 Å². The molecule has 0 aromatic heterocycles. The Bertz CT molecular complexity index is 500. The first-order chi connectivity index (χ1) is 10.9. The summed E-state index contributed by atoms with van der Waals surface area (Å²) in [5.74, 6) is -2.63. The summed E-state index contributed by atoms with van der Waals surface area (Å²) in [6.45, 7) is 5.65. The number of halogens is 1. The summed E-state index contributed by atoms with van der Waals surface area (Å²) in [7, 11) is 0. The van der Waals surface area contributed by atoms with Crippen molar-refractivity contribution in [3.63, 3.8) is 0 Å². The van der Waals surface area contributed by atoms with Crippen molar-refractivity contribution in [3.05, 3.63) is 35.6 Å². The van der Waals surface area contributed by atoms with Crippen LogP contribution < -0.4 is 0 Å². The van der Waals surface area contributed by atoms with Crippen molar-refractivity contribution in [2.45, 2.75) is 38.4 Å². The Balaban J connectivity index is 2.82. The molecule has 2 unspecified atom stereocenters. The smallest absolute Gasteiger partial charge is 0.321 e. The largest absolute Gasteiger partial charge is 0.465 e. The fourth-order valence-electron chi connectivity index (χ4n) is 2.30. The molecule has 0 aliphatic heterocycles. The van der Waals surface area contributed by atoms with E-state index in [1.807, 2.05) is 6.92 Å². The number of carbonyl (C=O) groups excluding carboxylic acids is 2. The molecule has 0 radical (unpaired) electrons. The van der Waals surface area contributed by atoms with E-state index in [0.29, 0.717) is 6.42 Å². The normalized spacial score (nSPS) is 13.5. The Morgan fingerprint density at radius 1 is 1.09 bits per heavy atom. The second-order valence-electron chi connectivity index (χ2n) is 5.24. The number of ether oxygens (including phenoxy) is 2. The monoisotopic (exact) mass is 342 g/mol. The van der Waals surface area contributed by atoms with Crippen molar-refractivity contribution < 1.29 is 23.5 Å². The Morgan fingerprint density at radius 2 is 1.57 bits per heavy atom. The Kier molecular flexibility index (Phi) is 8.09. The van der Waals surface area contributed by atoms with E-state index < -0.39 is 23.1 Å². The molecule has 23 heavy (non-hydrogen) atoms. The van der Waals surface area contributed by atoms with Crippen molar-refractivity contribution in [2.24, 2.45) is 5.92 Å². The third-order valence-corrected chi connectivity index (χ3v) is 4.01. The molecular formula is C17H23FO4S. The molecule has 0 fully saturated rings. The van der Waals surface area contributed by atoms with E-state index in [-0.39, 0.29) is 24.9 Å². The molecule has 0 amide bonds. The van der Waals surface area contributed by atoms with Crippen molar-refractivity contribution in [1.29, 1.82) is 0 Å². The molecular weight excluding hydrogens is 319 g/mol. The topological polar surface area (TPSA) is 52.6 Å². The zero-order valence-electron chi connectivity index (χ0n) is 13.6. The molecule has 2 atom stereocenters. The van der Waals surface area contributed by atoms with Gasteiger partial charge in [-0.2, -0.15) is 12.6 Å². The molecule has 0 saturated heterocycles. The predicted molar refractivity (Wildman–Crippen MR) is 89.0 cm³/mol. The predicted octanol–water partition coefficient (Wildman–Crippen LogP) is 3.36. The minimum Gasteiger partial charge on any atom is -0.465 e. The molecule has 0 saturated carbocycles. The number of esters is 2. The van der Waals surface area contributed by atoms with E-state index in [1.54, 1.807) is 26.0 Å². The minimum atomic E-state index is -1.07. The first kappa shape index (κ1) is 19.5. The first-order valence-electron chi connectivity index (χ1n) is 7.67. The van der Waals surface area contributed by atoms with Gasteiger partial charge in [0.25, 0.3) is 0 Å². The highest BCUT2D eigenvalue weighted by Crippen LogP contribution is 2.28. The summed E-state index contributed by atoms with van der Waals surface area (Å²) < 4.78 is 22.9. The van der Waals surface area contributed by atoms with Crippen molar-refractivity contribution >= 4 is 24.6 Å². The third-order valence-electron chi connectivity index (χ3n) is 3.50. The van der Waals surface area contributed by atoms with Gasteiger partial charge in [-0.15, -0.1) is 0 Å². The zero-order chi connectivity index (χ0) is 17.4. The van der Waals surface area contributed by atoms with E-state index in [9.17, 15) is 14.0 Å². The molecule has 1 aromatic carbocycles. The van der Waals surface area contributed by atoms with Crippen LogP contribution in [0.5, 0.6) is 0 Å². The quantitative estimate of drug-likeness (QED) is 0.447. The Labute approximate surface area is 141 Å². The average Bonchev–Trinajstić information content (AvgIpc) is 2.48. The van der Waals surface area contributed by atoms with Gasteiger partial charge in [0.2, 0.25) is 0 Å². The lowest BCUT2D eigenvalue weighted by Crippen LogP contribution is -2.36. The van der Waals surface area contributed by atoms with Crippen LogP contribution >= 0.6 is 12.6 Å². The molecule has 0 aliphatic carbocycles. The lowest BCUT2D eigenvalue weighted by molar-refractivity contribution is -0.161. The number of hydrogen-bond donors (Lipinski definition) is 1. The van der Waals surface area contributed by atoms with Gasteiger partial charge in [0.15, 0.2) is 5.92 Å². The SMILES string of the molecule is CCOC(=O)C(C(=O)OCC)C(S)CC(C)c1ccc(F)cc1. The van der Waals surface area contributed by atoms with Gasteiger partial charge in [0.1, 0.15) is 5.82 Å². The molecule has 0 bridgehead atoms. The van der Waals surface area contributed by atoms with E-state index in [0.717, 1.165) is 5.56 Å². The van der Waals surface area contributed by atoms with Gasteiger partial charge in [-0.25, -0.2) is 4.39 Å². The van der Waals surface area contributed by atoms with Crippen molar-refractivity contribution in [2.75, 3.05) is 13.2 Å². The van der Waals surface area contributed by atoms with E-state index in [2.05, 4.69) is 12.6 Å². The molecule has 0 heterocycles. The maximum Gasteiger partial charge on any atom is 0.321 e. The van der Waals surface area contributed by atoms with Crippen LogP contribution in [0.25, 0.3) is 0 Å². The molecule has 0 N–H and O–H groups in total. The van der Waals surface area contributed by atoms with Gasteiger partial charge < -0.3 is 9.47 Å². The molecule has 0 spiro atoms. The zero-order valence-corrected chi connectivity index (χ0v) is 14.5. The highest BCUT2D eigenvalue weighted by Gasteiger charge is 2.36. The Hall–Kier alpha value is -1.56. The molecule has 1 aromatic rings. The number of carbonyl (C=O) groups is 2. The Morgan fingerprint density at radius 3 is 2.00 bits per heavy atom. The summed E-state index contributed by atoms with van der Waals surface area (Å²) in [4.78, 5) is 24.1. The standard InChI is InChI=1S/C17H23FO4S/c1-4-21-16(19)15(17(20)22-5-2)14(23)10-11(3)12-6-8-13(18)9-7-12/h6-9,11,14-15,23H,4-5,10H2,1-3H3. The summed E-state index contributed by atoms with van der Waals surface area (Å²) in [5.41, 5.74) is 0.914. The second kappa shape index (κ2) is 9.55. The summed E-state index contributed by atoms with van der Waals surface area (Å²) in [6, 6.07) is 6.13. The highest BCUT2D eigenvalue weighted by molar-refractivity contribution is 7.81. The van der Waals surface area contributed by atoms with Crippen LogP contribution in [-0.2, 0) is 19.1 Å². The molecule has 128 valence electrons. The number of thiol groups is 1. The van der Waals surface area contributed by atoms with Crippen LogP contribution in [0.2, 0.25) is 0 Å². The minimum absolute atomic E-state index is 0.00412. The van der Waals surface area contributed by atoms with Crippen molar-refractivity contribution in [1.82, 2.24) is 0 Å². The summed E-state index contributed by atoms with van der Waals surface area (Å²) in [6.07, 6.45) is 0.455. The van der Waals surface area contributed by atoms with Gasteiger partial charge >= 0.3 is 11.9 Å².